The number of carbonyl (C=O) groups excluding carboxylic acids is 1. The van der Waals surface area contributed by atoms with Crippen LogP contribution in [0.2, 0.25) is 15.1 Å². The van der Waals surface area contributed by atoms with Crippen LogP contribution in [0.25, 0.3) is 22.3 Å². The zero-order chi connectivity index (χ0) is 22.1. The van der Waals surface area contributed by atoms with Crippen molar-refractivity contribution in [2.45, 2.75) is 0 Å². The fourth-order valence-corrected chi connectivity index (χ4v) is 3.28. The first kappa shape index (κ1) is 21.0. The second-order valence-electron chi connectivity index (χ2n) is 6.33. The van der Waals surface area contributed by atoms with Crippen molar-refractivity contribution in [2.24, 2.45) is 0 Å². The van der Waals surface area contributed by atoms with Gasteiger partial charge in [-0.25, -0.2) is 14.8 Å². The van der Waals surface area contributed by atoms with Gasteiger partial charge in [-0.3, -0.25) is 10.1 Å². The number of nitro groups is 1. The average Bonchev–Trinajstić information content (AvgIpc) is 2.75. The third-order valence-corrected chi connectivity index (χ3v) is 5.26. The number of nitrogens with zero attached hydrogens (tertiary/aromatic N) is 3. The predicted octanol–water partition coefficient (Wildman–Crippen LogP) is 6.38. The molecule has 4 aromatic rings. The molecule has 0 aliphatic rings. The molecule has 0 atom stereocenters. The first-order valence-electron chi connectivity index (χ1n) is 8.71. The summed E-state index contributed by atoms with van der Waals surface area (Å²) in [6.07, 6.45) is 0. The van der Waals surface area contributed by atoms with Crippen molar-refractivity contribution in [3.63, 3.8) is 0 Å². The zero-order valence-electron chi connectivity index (χ0n) is 15.4. The van der Waals surface area contributed by atoms with Crippen molar-refractivity contribution >= 4 is 57.4 Å². The summed E-state index contributed by atoms with van der Waals surface area (Å²) in [6.45, 7) is 0. The SMILES string of the molecule is O=C(Oc1ccc([N+](=O)[O-])cc1)c1nc(-c2ccc(Cl)c(Cl)c2)nc2ccc(Cl)cc12. The molecule has 4 rings (SSSR count). The molecular weight excluding hydrogens is 465 g/mol. The molecule has 0 unspecified atom stereocenters. The van der Waals surface area contributed by atoms with Crippen LogP contribution in [0, 0.1) is 10.1 Å². The molecule has 1 heterocycles. The standard InChI is InChI=1S/C21H10Cl3N3O4/c22-12-2-8-18-15(10-12)19(21(28)31-14-5-3-13(4-6-14)27(29)30)26-20(25-18)11-1-7-16(23)17(24)9-11/h1-10H. The molecule has 0 bridgehead atoms. The number of ether oxygens (including phenoxy) is 1. The van der Waals surface area contributed by atoms with Gasteiger partial charge in [-0.15, -0.1) is 0 Å². The maximum atomic E-state index is 12.9. The second kappa shape index (κ2) is 8.47. The van der Waals surface area contributed by atoms with Gasteiger partial charge in [0.05, 0.1) is 20.5 Å². The summed E-state index contributed by atoms with van der Waals surface area (Å²) in [6, 6.07) is 14.8. The van der Waals surface area contributed by atoms with Gasteiger partial charge in [0.2, 0.25) is 0 Å². The van der Waals surface area contributed by atoms with Gasteiger partial charge in [-0.2, -0.15) is 0 Å². The van der Waals surface area contributed by atoms with Crippen LogP contribution in [0.15, 0.2) is 60.7 Å². The van der Waals surface area contributed by atoms with Gasteiger partial charge in [0.1, 0.15) is 5.75 Å². The molecule has 0 radical (unpaired) electrons. The molecule has 10 heteroatoms. The average molecular weight is 475 g/mol. The number of fused-ring (bicyclic) bond motifs is 1. The lowest BCUT2D eigenvalue weighted by Crippen LogP contribution is -2.13. The molecule has 154 valence electrons. The van der Waals surface area contributed by atoms with E-state index in [1.807, 2.05) is 0 Å². The lowest BCUT2D eigenvalue weighted by Gasteiger charge is -2.10. The number of rotatable bonds is 4. The Morgan fingerprint density at radius 2 is 1.65 bits per heavy atom. The number of non-ortho nitro benzene ring substituents is 1. The number of hydrogen-bond donors (Lipinski definition) is 0. The number of carbonyl (C=O) groups is 1. The summed E-state index contributed by atoms with van der Waals surface area (Å²) in [4.78, 5) is 32.0. The summed E-state index contributed by atoms with van der Waals surface area (Å²) in [7, 11) is 0. The van der Waals surface area contributed by atoms with Gasteiger partial charge in [0.25, 0.3) is 5.69 Å². The first-order chi connectivity index (χ1) is 14.8. The quantitative estimate of drug-likeness (QED) is 0.147. The van der Waals surface area contributed by atoms with E-state index in [1.54, 1.807) is 36.4 Å². The number of benzene rings is 3. The molecule has 0 N–H and O–H groups in total. The molecular formula is C21H10Cl3N3O4. The zero-order valence-corrected chi connectivity index (χ0v) is 17.6. The number of aromatic nitrogens is 2. The summed E-state index contributed by atoms with van der Waals surface area (Å²) >= 11 is 18.2. The van der Waals surface area contributed by atoms with Gasteiger partial charge in [0.15, 0.2) is 11.5 Å². The molecule has 0 aliphatic carbocycles. The monoisotopic (exact) mass is 473 g/mol. The fourth-order valence-electron chi connectivity index (χ4n) is 2.81. The molecule has 31 heavy (non-hydrogen) atoms. The minimum absolute atomic E-state index is 0.0214. The lowest BCUT2D eigenvalue weighted by molar-refractivity contribution is -0.384. The third kappa shape index (κ3) is 4.44. The van der Waals surface area contributed by atoms with Gasteiger partial charge in [0, 0.05) is 28.1 Å². The molecule has 0 amide bonds. The maximum absolute atomic E-state index is 12.9. The molecule has 0 saturated heterocycles. The van der Waals surface area contributed by atoms with E-state index in [-0.39, 0.29) is 23.0 Å². The highest BCUT2D eigenvalue weighted by atomic mass is 35.5. The van der Waals surface area contributed by atoms with Gasteiger partial charge < -0.3 is 4.74 Å². The number of nitro benzene ring substituents is 1. The van der Waals surface area contributed by atoms with Crippen LogP contribution in [-0.4, -0.2) is 20.9 Å². The Kier molecular flexibility index (Phi) is 5.73. The maximum Gasteiger partial charge on any atom is 0.363 e. The van der Waals surface area contributed by atoms with Crippen LogP contribution < -0.4 is 4.74 Å². The first-order valence-corrected chi connectivity index (χ1v) is 9.84. The highest BCUT2D eigenvalue weighted by Gasteiger charge is 2.19. The second-order valence-corrected chi connectivity index (χ2v) is 7.58. The van der Waals surface area contributed by atoms with Crippen LogP contribution in [0.1, 0.15) is 10.5 Å². The molecule has 0 aliphatic heterocycles. The van der Waals surface area contributed by atoms with Crippen molar-refractivity contribution in [1.29, 1.82) is 0 Å². The Balaban J connectivity index is 1.79. The minimum Gasteiger partial charge on any atom is -0.422 e. The molecule has 0 spiro atoms. The normalized spacial score (nSPS) is 10.8. The van der Waals surface area contributed by atoms with Crippen molar-refractivity contribution < 1.29 is 14.5 Å². The van der Waals surface area contributed by atoms with Crippen molar-refractivity contribution in [3.8, 4) is 17.1 Å². The Morgan fingerprint density at radius 3 is 2.32 bits per heavy atom. The number of esters is 1. The predicted molar refractivity (Wildman–Crippen MR) is 118 cm³/mol. The molecule has 0 fully saturated rings. The van der Waals surface area contributed by atoms with Crippen LogP contribution in [0.5, 0.6) is 5.75 Å². The van der Waals surface area contributed by atoms with E-state index in [9.17, 15) is 14.9 Å². The van der Waals surface area contributed by atoms with Crippen molar-refractivity contribution in [3.05, 3.63) is 91.5 Å². The van der Waals surface area contributed by atoms with E-state index >= 15 is 0 Å². The summed E-state index contributed by atoms with van der Waals surface area (Å²) in [5.74, 6) is -0.408. The molecule has 3 aromatic carbocycles. The van der Waals surface area contributed by atoms with Crippen LogP contribution >= 0.6 is 34.8 Å². The minimum atomic E-state index is -0.773. The van der Waals surface area contributed by atoms with Crippen molar-refractivity contribution in [1.82, 2.24) is 9.97 Å². The van der Waals surface area contributed by atoms with E-state index in [1.165, 1.54) is 24.3 Å². The van der Waals surface area contributed by atoms with Gasteiger partial charge in [-0.1, -0.05) is 34.8 Å². The molecule has 7 nitrogen and oxygen atoms in total. The summed E-state index contributed by atoms with van der Waals surface area (Å²) < 4.78 is 5.37. The fraction of sp³-hybridized carbons (Fsp3) is 0. The highest BCUT2D eigenvalue weighted by Crippen LogP contribution is 2.30. The Morgan fingerprint density at radius 1 is 0.903 bits per heavy atom. The van der Waals surface area contributed by atoms with E-state index in [0.717, 1.165) is 0 Å². The number of halogens is 3. The van der Waals surface area contributed by atoms with E-state index < -0.39 is 10.9 Å². The Hall–Kier alpha value is -3.26. The van der Waals surface area contributed by atoms with E-state index in [4.69, 9.17) is 39.5 Å². The highest BCUT2D eigenvalue weighted by molar-refractivity contribution is 6.42. The van der Waals surface area contributed by atoms with Crippen LogP contribution in [-0.2, 0) is 0 Å². The Bertz CT molecular complexity index is 1340. The van der Waals surface area contributed by atoms with Crippen LogP contribution in [0.3, 0.4) is 0 Å². The third-order valence-electron chi connectivity index (χ3n) is 4.29. The molecule has 0 saturated carbocycles. The molecule has 1 aromatic heterocycles. The topological polar surface area (TPSA) is 95.2 Å². The smallest absolute Gasteiger partial charge is 0.363 e. The largest absolute Gasteiger partial charge is 0.422 e. The van der Waals surface area contributed by atoms with Gasteiger partial charge >= 0.3 is 5.97 Å². The van der Waals surface area contributed by atoms with E-state index in [0.29, 0.717) is 31.5 Å². The number of hydrogen-bond acceptors (Lipinski definition) is 6. The lowest BCUT2D eigenvalue weighted by atomic mass is 10.1. The summed E-state index contributed by atoms with van der Waals surface area (Å²) in [5.41, 5.74) is 0.875. The summed E-state index contributed by atoms with van der Waals surface area (Å²) in [5, 5.41) is 12.3. The van der Waals surface area contributed by atoms with Crippen molar-refractivity contribution in [2.75, 3.05) is 0 Å². The van der Waals surface area contributed by atoms with Crippen LogP contribution in [0.4, 0.5) is 5.69 Å². The Labute approximate surface area is 190 Å². The van der Waals surface area contributed by atoms with Gasteiger partial charge in [-0.05, 0) is 48.5 Å². The van der Waals surface area contributed by atoms with E-state index in [2.05, 4.69) is 9.97 Å².